The van der Waals surface area contributed by atoms with E-state index in [4.69, 9.17) is 0 Å². The first-order chi connectivity index (χ1) is 2.00. The fraction of sp³-hybridized carbons (Fsp3) is 1.00. The van der Waals surface area contributed by atoms with Crippen LogP contribution in [0, 0.1) is 0 Å². The molecule has 0 rings (SSSR count). The van der Waals surface area contributed by atoms with Gasteiger partial charge in [0.1, 0.15) is 0 Å². The minimum absolute atomic E-state index is 0.806. The maximum absolute atomic E-state index is 4.64. The molecule has 1 nitrogen and oxygen atoms in total. The molecule has 0 aromatic carbocycles. The zero-order valence-electron chi connectivity index (χ0n) is 3.58. The second-order valence-electron chi connectivity index (χ2n) is 0. The summed E-state index contributed by atoms with van der Waals surface area (Å²) in [5.41, 5.74) is 0. The lowest BCUT2D eigenvalue weighted by Crippen LogP contribution is -1.75. The number of hydrogen-bond donors (Lipinski definition) is 1. The lowest BCUT2D eigenvalue weighted by Gasteiger charge is -1.17. The SMILES string of the molecule is C[SiH3].N[SiH3]. The molecule has 0 aromatic rings. The molecule has 0 heterocycles. The van der Waals surface area contributed by atoms with Crippen molar-refractivity contribution < 1.29 is 0 Å². The topological polar surface area (TPSA) is 26.0 Å². The summed E-state index contributed by atoms with van der Waals surface area (Å²) in [4.78, 5) is 0. The summed E-state index contributed by atoms with van der Waals surface area (Å²) in [6, 6.07) is 0. The van der Waals surface area contributed by atoms with E-state index in [1.165, 1.54) is 10.2 Å². The van der Waals surface area contributed by atoms with Gasteiger partial charge in [-0.05, 0) is 10.2 Å². The second-order valence-corrected chi connectivity index (χ2v) is 0. The third kappa shape index (κ3) is 30.0. The van der Waals surface area contributed by atoms with E-state index in [0.717, 1.165) is 10.4 Å². The Morgan fingerprint density at radius 3 is 1.25 bits per heavy atom. The molecule has 2 N–H and O–H groups in total. The molecule has 0 amide bonds. The van der Waals surface area contributed by atoms with E-state index in [1.54, 1.807) is 0 Å². The average molecular weight is 93.3 g/mol. The summed E-state index contributed by atoms with van der Waals surface area (Å²) in [5.74, 6) is 0. The third-order valence-corrected chi connectivity index (χ3v) is 0. The highest BCUT2D eigenvalue weighted by Gasteiger charge is 0.962. The summed E-state index contributed by atoms with van der Waals surface area (Å²) in [6.45, 7) is 2.14. The standard InChI is InChI=1S/CH6Si.H5NSi/c2*1-2/h1-2H3;1H2,2H3. The Hall–Kier alpha value is 0.394. The Bertz CT molecular complexity index is 6.00. The van der Waals surface area contributed by atoms with E-state index in [9.17, 15) is 0 Å². The van der Waals surface area contributed by atoms with E-state index in [-0.39, 0.29) is 0 Å². The van der Waals surface area contributed by atoms with Crippen LogP contribution in [-0.2, 0) is 0 Å². The highest BCUT2D eigenvalue weighted by Crippen LogP contribution is 0.960. The minimum Gasteiger partial charge on any atom is -0.358 e. The first-order valence-corrected chi connectivity index (χ1v) is 4.73. The predicted molar refractivity (Wildman–Crippen MR) is 29.9 cm³/mol. The second kappa shape index (κ2) is 125. The van der Waals surface area contributed by atoms with Gasteiger partial charge in [0.25, 0.3) is 0 Å². The quantitative estimate of drug-likeness (QED) is 0.333. The van der Waals surface area contributed by atoms with Crippen LogP contribution in [-0.4, -0.2) is 20.6 Å². The molecule has 0 spiro atoms. The van der Waals surface area contributed by atoms with Crippen molar-refractivity contribution in [3.05, 3.63) is 0 Å². The van der Waals surface area contributed by atoms with Crippen LogP contribution in [0.2, 0.25) is 6.55 Å². The van der Waals surface area contributed by atoms with E-state index in [2.05, 4.69) is 11.9 Å². The van der Waals surface area contributed by atoms with Gasteiger partial charge in [-0.25, -0.2) is 0 Å². The van der Waals surface area contributed by atoms with Crippen LogP contribution >= 0.6 is 0 Å². The van der Waals surface area contributed by atoms with Gasteiger partial charge in [0.15, 0.2) is 0 Å². The molecule has 0 radical (unpaired) electrons. The van der Waals surface area contributed by atoms with E-state index in [0.29, 0.717) is 0 Å². The van der Waals surface area contributed by atoms with Gasteiger partial charge < -0.3 is 5.40 Å². The molecule has 0 aliphatic rings. The first kappa shape index (κ1) is 8.83. The first-order valence-electron chi connectivity index (χ1n) is 1.58. The maximum Gasteiger partial charge on any atom is 0.0716 e. The van der Waals surface area contributed by atoms with Crippen molar-refractivity contribution in [2.24, 2.45) is 5.40 Å². The number of rotatable bonds is 0. The molecule has 3 heteroatoms. The molecular weight excluding hydrogens is 82.2 g/mol. The minimum atomic E-state index is 0.806. The Morgan fingerprint density at radius 1 is 1.25 bits per heavy atom. The van der Waals surface area contributed by atoms with Gasteiger partial charge in [0, 0.05) is 0 Å². The zero-order valence-corrected chi connectivity index (χ0v) is 7.58. The molecule has 0 fully saturated rings. The van der Waals surface area contributed by atoms with E-state index in [1.807, 2.05) is 0 Å². The summed E-state index contributed by atoms with van der Waals surface area (Å²) in [7, 11) is 2.11. The zero-order chi connectivity index (χ0) is 4.00. The molecular formula is CH11NSi2. The van der Waals surface area contributed by atoms with Crippen molar-refractivity contribution in [1.82, 2.24) is 0 Å². The Kier molecular flexibility index (Phi) is 277. The van der Waals surface area contributed by atoms with Gasteiger partial charge in [0.2, 0.25) is 0 Å². The van der Waals surface area contributed by atoms with Crippen molar-refractivity contribution in [2.75, 3.05) is 0 Å². The van der Waals surface area contributed by atoms with Gasteiger partial charge in [-0.1, -0.05) is 6.55 Å². The van der Waals surface area contributed by atoms with Crippen LogP contribution < -0.4 is 5.40 Å². The van der Waals surface area contributed by atoms with Crippen LogP contribution in [0.5, 0.6) is 0 Å². The molecule has 0 saturated carbocycles. The number of nitrogens with two attached hydrogens (primary N) is 1. The van der Waals surface area contributed by atoms with Gasteiger partial charge in [-0.3, -0.25) is 0 Å². The molecule has 0 atom stereocenters. The van der Waals surface area contributed by atoms with Crippen molar-refractivity contribution >= 4 is 20.6 Å². The van der Waals surface area contributed by atoms with Crippen molar-refractivity contribution in [3.8, 4) is 0 Å². The van der Waals surface area contributed by atoms with Crippen LogP contribution in [0.15, 0.2) is 0 Å². The van der Waals surface area contributed by atoms with Crippen LogP contribution in [0.4, 0.5) is 0 Å². The van der Waals surface area contributed by atoms with Crippen LogP contribution in [0.25, 0.3) is 0 Å². The number of hydrogen-bond acceptors (Lipinski definition) is 1. The third-order valence-electron chi connectivity index (χ3n) is 0. The molecule has 4 heavy (non-hydrogen) atoms. The Balaban J connectivity index is 0. The summed E-state index contributed by atoms with van der Waals surface area (Å²) >= 11 is 0. The molecule has 28 valence electrons. The van der Waals surface area contributed by atoms with Crippen LogP contribution in [0.3, 0.4) is 0 Å². The van der Waals surface area contributed by atoms with E-state index < -0.39 is 0 Å². The fourth-order valence-corrected chi connectivity index (χ4v) is 0. The summed E-state index contributed by atoms with van der Waals surface area (Å²) in [6.07, 6.45) is 0. The fourth-order valence-electron chi connectivity index (χ4n) is 0. The molecule has 0 unspecified atom stereocenters. The largest absolute Gasteiger partial charge is 0.358 e. The lowest BCUT2D eigenvalue weighted by atomic mass is 11.9. The van der Waals surface area contributed by atoms with Gasteiger partial charge >= 0.3 is 0 Å². The summed E-state index contributed by atoms with van der Waals surface area (Å²) in [5, 5.41) is 4.64. The normalized spacial score (nSPS) is 4.50. The predicted octanol–water partition coefficient (Wildman–Crippen LogP) is -2.37. The molecule has 0 bridgehead atoms. The smallest absolute Gasteiger partial charge is 0.0716 e. The average Bonchev–Trinajstić information content (AvgIpc) is 1.50. The van der Waals surface area contributed by atoms with Crippen molar-refractivity contribution in [1.29, 1.82) is 0 Å². The maximum atomic E-state index is 4.64. The van der Waals surface area contributed by atoms with Crippen molar-refractivity contribution in [3.63, 3.8) is 0 Å². The Morgan fingerprint density at radius 2 is 1.25 bits per heavy atom. The van der Waals surface area contributed by atoms with Gasteiger partial charge in [-0.2, -0.15) is 0 Å². The van der Waals surface area contributed by atoms with Gasteiger partial charge in [-0.15, -0.1) is 0 Å². The molecule has 0 aromatic heterocycles. The summed E-state index contributed by atoms with van der Waals surface area (Å²) < 4.78 is 0. The molecule has 0 aliphatic carbocycles. The lowest BCUT2D eigenvalue weighted by molar-refractivity contribution is 2.00. The van der Waals surface area contributed by atoms with E-state index >= 15 is 0 Å². The highest BCUT2D eigenvalue weighted by atomic mass is 28.2. The van der Waals surface area contributed by atoms with Crippen LogP contribution in [0.1, 0.15) is 0 Å². The van der Waals surface area contributed by atoms with Crippen molar-refractivity contribution in [2.45, 2.75) is 6.55 Å². The monoisotopic (exact) mass is 93.0 g/mol. The molecule has 0 aliphatic heterocycles. The van der Waals surface area contributed by atoms with Gasteiger partial charge in [0.05, 0.1) is 10.4 Å². The Labute approximate surface area is 33.5 Å². The molecule has 0 saturated heterocycles. The highest BCUT2D eigenvalue weighted by molar-refractivity contribution is 6.05.